The van der Waals surface area contributed by atoms with Gasteiger partial charge in [-0.15, -0.1) is 5.10 Å². The maximum Gasteiger partial charge on any atom is 0.401 e. The molecule has 2 N–H and O–H groups in total. The van der Waals surface area contributed by atoms with E-state index in [9.17, 15) is 18.0 Å². The van der Waals surface area contributed by atoms with E-state index in [1.54, 1.807) is 7.05 Å². The lowest BCUT2D eigenvalue weighted by Crippen LogP contribution is -2.44. The lowest BCUT2D eigenvalue weighted by atomic mass is 10.2. The molecular weight excluding hydrogens is 289 g/mol. The molecule has 0 bridgehead atoms. The molecule has 10 heteroatoms. The van der Waals surface area contributed by atoms with Crippen LogP contribution < -0.4 is 10.6 Å². The third-order valence-corrected chi connectivity index (χ3v) is 3.22. The fourth-order valence-corrected chi connectivity index (χ4v) is 2.34. The molecule has 1 aromatic rings. The minimum atomic E-state index is -4.22. The highest BCUT2D eigenvalue weighted by Crippen LogP contribution is 2.23. The van der Waals surface area contributed by atoms with Crippen molar-refractivity contribution in [1.82, 2.24) is 25.2 Å². The second-order valence-corrected chi connectivity index (χ2v) is 4.99. The summed E-state index contributed by atoms with van der Waals surface area (Å²) in [6.07, 6.45) is -1.36. The number of halogens is 3. The molecule has 21 heavy (non-hydrogen) atoms. The Labute approximate surface area is 119 Å². The van der Waals surface area contributed by atoms with E-state index >= 15 is 0 Å². The summed E-state index contributed by atoms with van der Waals surface area (Å²) in [7, 11) is 1.66. The summed E-state index contributed by atoms with van der Waals surface area (Å²) in [6.45, 7) is -0.370. The second-order valence-electron chi connectivity index (χ2n) is 4.99. The molecule has 2 rings (SSSR count). The van der Waals surface area contributed by atoms with Crippen LogP contribution in [0, 0.1) is 0 Å². The largest absolute Gasteiger partial charge is 0.401 e. The third-order valence-electron chi connectivity index (χ3n) is 3.22. The number of urea groups is 1. The van der Waals surface area contributed by atoms with Gasteiger partial charge in [0.1, 0.15) is 0 Å². The normalized spacial score (nSPS) is 19.7. The number of rotatable bonds is 4. The van der Waals surface area contributed by atoms with E-state index in [-0.39, 0.29) is 18.4 Å². The van der Waals surface area contributed by atoms with Gasteiger partial charge in [0, 0.05) is 19.6 Å². The number of likely N-dealkylation sites (tertiary alicyclic amines) is 1. The quantitative estimate of drug-likeness (QED) is 0.869. The Morgan fingerprint density at radius 2 is 2.29 bits per heavy atom. The second kappa shape index (κ2) is 6.29. The standard InChI is InChI=1S/C11H17F3N6O/c1-19-6-9(17-18-19)16-10(21)15-5-8-3-2-4-20(8)7-11(12,13)14/h6,8H,2-5,7H2,1H3,(H2,15,16,21)/t8-/m1/s1. The maximum atomic E-state index is 12.4. The predicted octanol–water partition coefficient (Wildman–Crippen LogP) is 0.963. The molecule has 2 amide bonds. The summed E-state index contributed by atoms with van der Waals surface area (Å²) >= 11 is 0. The molecule has 1 atom stereocenters. The van der Waals surface area contributed by atoms with Gasteiger partial charge in [-0.1, -0.05) is 5.21 Å². The molecule has 1 fully saturated rings. The zero-order chi connectivity index (χ0) is 15.5. The van der Waals surface area contributed by atoms with Crippen LogP contribution in [0.2, 0.25) is 0 Å². The highest BCUT2D eigenvalue weighted by molar-refractivity contribution is 5.87. The third kappa shape index (κ3) is 4.88. The number of aryl methyl sites for hydroxylation is 1. The summed E-state index contributed by atoms with van der Waals surface area (Å²) < 4.78 is 38.7. The number of amides is 2. The number of carbonyl (C=O) groups excluding carboxylic acids is 1. The number of nitrogens with one attached hydrogen (secondary N) is 2. The first-order chi connectivity index (χ1) is 9.83. The first-order valence-corrected chi connectivity index (χ1v) is 6.55. The number of hydrogen-bond acceptors (Lipinski definition) is 4. The van der Waals surface area contributed by atoms with E-state index < -0.39 is 18.8 Å². The molecule has 1 saturated heterocycles. The predicted molar refractivity (Wildman–Crippen MR) is 68.7 cm³/mol. The molecule has 0 unspecified atom stereocenters. The van der Waals surface area contributed by atoms with E-state index in [4.69, 9.17) is 0 Å². The summed E-state index contributed by atoms with van der Waals surface area (Å²) in [5, 5.41) is 12.4. The number of carbonyl (C=O) groups is 1. The molecule has 0 radical (unpaired) electrons. The Morgan fingerprint density at radius 3 is 2.90 bits per heavy atom. The number of nitrogens with zero attached hydrogens (tertiary/aromatic N) is 4. The first-order valence-electron chi connectivity index (χ1n) is 6.55. The summed E-state index contributed by atoms with van der Waals surface area (Å²) in [5.74, 6) is 0.286. The summed E-state index contributed by atoms with van der Waals surface area (Å²) in [5.41, 5.74) is 0. The zero-order valence-corrected chi connectivity index (χ0v) is 11.5. The lowest BCUT2D eigenvalue weighted by molar-refractivity contribution is -0.147. The maximum absolute atomic E-state index is 12.4. The van der Waals surface area contributed by atoms with Gasteiger partial charge in [-0.3, -0.25) is 14.9 Å². The molecule has 118 valence electrons. The number of aromatic nitrogens is 3. The van der Waals surface area contributed by atoms with Gasteiger partial charge >= 0.3 is 12.2 Å². The molecule has 0 saturated carbocycles. The topological polar surface area (TPSA) is 75.1 Å². The number of hydrogen-bond donors (Lipinski definition) is 2. The molecule has 7 nitrogen and oxygen atoms in total. The van der Waals surface area contributed by atoms with Crippen molar-refractivity contribution in [3.05, 3.63) is 6.20 Å². The Morgan fingerprint density at radius 1 is 1.52 bits per heavy atom. The number of anilines is 1. The van der Waals surface area contributed by atoms with Gasteiger partial charge in [0.25, 0.3) is 0 Å². The fourth-order valence-electron chi connectivity index (χ4n) is 2.34. The zero-order valence-electron chi connectivity index (χ0n) is 11.5. The minimum absolute atomic E-state index is 0.169. The van der Waals surface area contributed by atoms with Gasteiger partial charge in [-0.25, -0.2) is 4.79 Å². The molecule has 2 heterocycles. The molecule has 1 aliphatic rings. The van der Waals surface area contributed by atoms with Crippen molar-refractivity contribution in [2.75, 3.05) is 25.0 Å². The Kier molecular flexibility index (Phi) is 4.66. The smallest absolute Gasteiger partial charge is 0.336 e. The van der Waals surface area contributed by atoms with Crippen molar-refractivity contribution in [3.63, 3.8) is 0 Å². The highest BCUT2D eigenvalue weighted by Gasteiger charge is 2.36. The van der Waals surface area contributed by atoms with E-state index in [0.717, 1.165) is 0 Å². The summed E-state index contributed by atoms with van der Waals surface area (Å²) in [4.78, 5) is 13.0. The van der Waals surface area contributed by atoms with Crippen LogP contribution in [0.4, 0.5) is 23.8 Å². The van der Waals surface area contributed by atoms with Crippen LogP contribution >= 0.6 is 0 Å². The fraction of sp³-hybridized carbons (Fsp3) is 0.727. The molecule has 0 aromatic carbocycles. The van der Waals surface area contributed by atoms with Gasteiger partial charge < -0.3 is 5.32 Å². The average Bonchev–Trinajstić information content (AvgIpc) is 2.94. The van der Waals surface area contributed by atoms with Crippen molar-refractivity contribution in [2.45, 2.75) is 25.1 Å². The monoisotopic (exact) mass is 306 g/mol. The van der Waals surface area contributed by atoms with Crippen LogP contribution in [-0.4, -0.2) is 57.8 Å². The van der Waals surface area contributed by atoms with E-state index in [0.29, 0.717) is 19.4 Å². The van der Waals surface area contributed by atoms with Crippen molar-refractivity contribution in [1.29, 1.82) is 0 Å². The number of alkyl halides is 3. The van der Waals surface area contributed by atoms with Gasteiger partial charge in [-0.05, 0) is 19.4 Å². The van der Waals surface area contributed by atoms with Crippen LogP contribution in [0.25, 0.3) is 0 Å². The Balaban J connectivity index is 1.77. The Bertz CT molecular complexity index is 489. The van der Waals surface area contributed by atoms with E-state index in [2.05, 4.69) is 20.9 Å². The summed E-state index contributed by atoms with van der Waals surface area (Å²) in [6, 6.07) is -0.798. The van der Waals surface area contributed by atoms with Crippen molar-refractivity contribution in [3.8, 4) is 0 Å². The molecule has 1 aliphatic heterocycles. The van der Waals surface area contributed by atoms with Crippen LogP contribution in [0.5, 0.6) is 0 Å². The van der Waals surface area contributed by atoms with Crippen LogP contribution in [0.3, 0.4) is 0 Å². The average molecular weight is 306 g/mol. The molecule has 1 aromatic heterocycles. The van der Waals surface area contributed by atoms with Crippen molar-refractivity contribution in [2.24, 2.45) is 7.05 Å². The van der Waals surface area contributed by atoms with Crippen molar-refractivity contribution < 1.29 is 18.0 Å². The highest BCUT2D eigenvalue weighted by atomic mass is 19.4. The van der Waals surface area contributed by atoms with Crippen LogP contribution in [0.15, 0.2) is 6.20 Å². The van der Waals surface area contributed by atoms with Crippen molar-refractivity contribution >= 4 is 11.8 Å². The van der Waals surface area contributed by atoms with Gasteiger partial charge in [0.2, 0.25) is 0 Å². The van der Waals surface area contributed by atoms with Gasteiger partial charge in [0.15, 0.2) is 5.82 Å². The molecule has 0 spiro atoms. The van der Waals surface area contributed by atoms with Gasteiger partial charge in [-0.2, -0.15) is 13.2 Å². The van der Waals surface area contributed by atoms with Crippen LogP contribution in [0.1, 0.15) is 12.8 Å². The lowest BCUT2D eigenvalue weighted by Gasteiger charge is -2.25. The Hall–Kier alpha value is -1.84. The van der Waals surface area contributed by atoms with Crippen LogP contribution in [-0.2, 0) is 7.05 Å². The van der Waals surface area contributed by atoms with E-state index in [1.807, 2.05) is 0 Å². The SMILES string of the molecule is Cn1cc(NC(=O)NC[C@H]2CCCN2CC(F)(F)F)nn1. The molecular formula is C11H17F3N6O. The molecule has 0 aliphatic carbocycles. The first kappa shape index (κ1) is 15.5. The van der Waals surface area contributed by atoms with Gasteiger partial charge in [0.05, 0.1) is 12.7 Å². The van der Waals surface area contributed by atoms with E-state index in [1.165, 1.54) is 15.8 Å². The minimum Gasteiger partial charge on any atom is -0.336 e.